The number of ether oxygens (including phenoxy) is 2. The summed E-state index contributed by atoms with van der Waals surface area (Å²) in [6.45, 7) is 4.34. The molecule has 2 N–H and O–H groups in total. The summed E-state index contributed by atoms with van der Waals surface area (Å²) in [5.74, 6) is 0.851. The van der Waals surface area contributed by atoms with Crippen LogP contribution in [0.25, 0.3) is 0 Å². The second-order valence-electron chi connectivity index (χ2n) is 7.40. The van der Waals surface area contributed by atoms with Crippen LogP contribution in [0, 0.1) is 13.8 Å². The number of anilines is 1. The number of sulfonamides is 1. The Morgan fingerprint density at radius 1 is 1.09 bits per heavy atom. The number of carbonyl (C=O) groups is 2. The summed E-state index contributed by atoms with van der Waals surface area (Å²) in [5.41, 5.74) is 0.774. The van der Waals surface area contributed by atoms with E-state index in [4.69, 9.17) is 14.0 Å². The molecule has 13 heteroatoms. The monoisotopic (exact) mass is 465 g/mol. The van der Waals surface area contributed by atoms with Gasteiger partial charge in [0.05, 0.1) is 6.54 Å². The van der Waals surface area contributed by atoms with Crippen molar-refractivity contribution in [3.05, 3.63) is 29.7 Å². The van der Waals surface area contributed by atoms with Gasteiger partial charge in [-0.3, -0.25) is 15.0 Å². The molecule has 0 aliphatic carbocycles. The van der Waals surface area contributed by atoms with Crippen molar-refractivity contribution in [2.75, 3.05) is 44.8 Å². The first-order chi connectivity index (χ1) is 15.2. The Morgan fingerprint density at radius 3 is 2.50 bits per heavy atom. The van der Waals surface area contributed by atoms with Crippen molar-refractivity contribution in [3.63, 3.8) is 0 Å². The van der Waals surface area contributed by atoms with Crippen molar-refractivity contribution in [2.24, 2.45) is 0 Å². The quantitative estimate of drug-likeness (QED) is 0.651. The molecule has 12 nitrogen and oxygen atoms in total. The molecule has 1 saturated heterocycles. The lowest BCUT2D eigenvalue weighted by Crippen LogP contribution is -2.51. The van der Waals surface area contributed by atoms with Gasteiger partial charge in [0, 0.05) is 37.9 Å². The van der Waals surface area contributed by atoms with Crippen LogP contribution < -0.4 is 20.1 Å². The Balaban J connectivity index is 1.26. The van der Waals surface area contributed by atoms with E-state index in [1.165, 1.54) is 4.31 Å². The van der Waals surface area contributed by atoms with Crippen molar-refractivity contribution in [3.8, 4) is 11.5 Å². The van der Waals surface area contributed by atoms with E-state index >= 15 is 0 Å². The van der Waals surface area contributed by atoms with Gasteiger partial charge in [-0.1, -0.05) is 5.16 Å². The predicted molar refractivity (Wildman–Crippen MR) is 111 cm³/mol. The SMILES string of the molecule is Cc1noc(C)c1S(=O)(=O)N1CCN(CC(=O)NC(=O)Nc2ccc3c(c2)OCO3)CC1. The molecule has 4 rings (SSSR count). The molecule has 0 spiro atoms. The number of amides is 3. The lowest BCUT2D eigenvalue weighted by Gasteiger charge is -2.33. The van der Waals surface area contributed by atoms with Crippen molar-refractivity contribution >= 4 is 27.6 Å². The zero-order valence-electron chi connectivity index (χ0n) is 17.6. The molecule has 0 saturated carbocycles. The van der Waals surface area contributed by atoms with Crippen LogP contribution in [-0.2, 0) is 14.8 Å². The summed E-state index contributed by atoms with van der Waals surface area (Å²) in [6.07, 6.45) is 0. The molecular formula is C19H23N5O7S. The fourth-order valence-corrected chi connectivity index (χ4v) is 5.32. The van der Waals surface area contributed by atoms with E-state index in [0.717, 1.165) is 0 Å². The smallest absolute Gasteiger partial charge is 0.325 e. The van der Waals surface area contributed by atoms with E-state index in [9.17, 15) is 18.0 Å². The Labute approximate surface area is 184 Å². The number of carbonyl (C=O) groups excluding carboxylic acids is 2. The van der Waals surface area contributed by atoms with Crippen LogP contribution in [0.4, 0.5) is 10.5 Å². The zero-order valence-corrected chi connectivity index (χ0v) is 18.4. The maximum atomic E-state index is 12.9. The van der Waals surface area contributed by atoms with Gasteiger partial charge in [0.15, 0.2) is 17.3 Å². The number of hydrogen-bond acceptors (Lipinski definition) is 9. The summed E-state index contributed by atoms with van der Waals surface area (Å²) in [7, 11) is -3.72. The largest absolute Gasteiger partial charge is 0.454 e. The molecule has 3 heterocycles. The first-order valence-electron chi connectivity index (χ1n) is 9.90. The van der Waals surface area contributed by atoms with Crippen LogP contribution in [0.3, 0.4) is 0 Å². The van der Waals surface area contributed by atoms with Crippen molar-refractivity contribution in [2.45, 2.75) is 18.7 Å². The molecule has 0 radical (unpaired) electrons. The number of nitrogens with one attached hydrogen (secondary N) is 2. The number of nitrogens with zero attached hydrogens (tertiary/aromatic N) is 3. The Morgan fingerprint density at radius 2 is 1.81 bits per heavy atom. The normalized spacial score (nSPS) is 16.7. The molecule has 3 amide bonds. The Kier molecular flexibility index (Phi) is 6.04. The molecule has 1 aromatic heterocycles. The van der Waals surface area contributed by atoms with Crippen LogP contribution in [0.1, 0.15) is 11.5 Å². The van der Waals surface area contributed by atoms with Crippen LogP contribution in [-0.4, -0.2) is 74.2 Å². The molecule has 2 aromatic rings. The predicted octanol–water partition coefficient (Wildman–Crippen LogP) is 0.675. The van der Waals surface area contributed by atoms with E-state index in [0.29, 0.717) is 36.0 Å². The topological polar surface area (TPSA) is 143 Å². The lowest BCUT2D eigenvalue weighted by atomic mass is 10.3. The summed E-state index contributed by atoms with van der Waals surface area (Å²) in [5, 5.41) is 8.54. The highest BCUT2D eigenvalue weighted by Crippen LogP contribution is 2.34. The Bertz CT molecular complexity index is 1120. The second-order valence-corrected chi connectivity index (χ2v) is 9.28. The molecule has 1 fully saturated rings. The third kappa shape index (κ3) is 4.54. The molecule has 32 heavy (non-hydrogen) atoms. The van der Waals surface area contributed by atoms with E-state index in [2.05, 4.69) is 15.8 Å². The summed E-state index contributed by atoms with van der Waals surface area (Å²) in [6, 6.07) is 4.23. The third-order valence-electron chi connectivity index (χ3n) is 5.15. The number of aryl methyl sites for hydroxylation is 2. The van der Waals surface area contributed by atoms with E-state index in [1.54, 1.807) is 36.9 Å². The number of fused-ring (bicyclic) bond motifs is 1. The van der Waals surface area contributed by atoms with Crippen molar-refractivity contribution < 1.29 is 32.0 Å². The van der Waals surface area contributed by atoms with Gasteiger partial charge in [-0.15, -0.1) is 0 Å². The van der Waals surface area contributed by atoms with Gasteiger partial charge in [-0.25, -0.2) is 13.2 Å². The third-order valence-corrected chi connectivity index (χ3v) is 7.29. The van der Waals surface area contributed by atoms with Crippen LogP contribution >= 0.6 is 0 Å². The fourth-order valence-electron chi connectivity index (χ4n) is 3.61. The average Bonchev–Trinajstić information content (AvgIpc) is 3.33. The molecule has 0 unspecified atom stereocenters. The van der Waals surface area contributed by atoms with E-state index in [-0.39, 0.29) is 37.1 Å². The molecule has 0 bridgehead atoms. The minimum Gasteiger partial charge on any atom is -0.454 e. The number of imide groups is 1. The van der Waals surface area contributed by atoms with Gasteiger partial charge in [-0.05, 0) is 26.0 Å². The Hall–Kier alpha value is -3.16. The molecule has 1 aromatic carbocycles. The van der Waals surface area contributed by atoms with Gasteiger partial charge in [0.1, 0.15) is 10.6 Å². The first-order valence-corrected chi connectivity index (χ1v) is 11.3. The van der Waals surface area contributed by atoms with Crippen LogP contribution in [0.2, 0.25) is 0 Å². The first kappa shape index (κ1) is 22.0. The van der Waals surface area contributed by atoms with Crippen molar-refractivity contribution in [1.82, 2.24) is 19.7 Å². The maximum Gasteiger partial charge on any atom is 0.325 e. The number of urea groups is 1. The number of benzene rings is 1. The highest BCUT2D eigenvalue weighted by atomic mass is 32.2. The number of rotatable bonds is 5. The highest BCUT2D eigenvalue weighted by Gasteiger charge is 2.33. The van der Waals surface area contributed by atoms with Gasteiger partial charge >= 0.3 is 6.03 Å². The average molecular weight is 465 g/mol. The van der Waals surface area contributed by atoms with Crippen molar-refractivity contribution in [1.29, 1.82) is 0 Å². The maximum absolute atomic E-state index is 12.9. The van der Waals surface area contributed by atoms with Gasteiger partial charge in [0.2, 0.25) is 22.7 Å². The zero-order chi connectivity index (χ0) is 22.9. The molecule has 2 aliphatic heterocycles. The van der Waals surface area contributed by atoms with Crippen LogP contribution in [0.5, 0.6) is 11.5 Å². The molecule has 2 aliphatic rings. The standard InChI is InChI=1S/C19H23N5O7S/c1-12-18(13(2)31-22-12)32(27,28)24-7-5-23(6-8-24)10-17(25)21-19(26)20-14-3-4-15-16(9-14)30-11-29-15/h3-4,9H,5-8,10-11H2,1-2H3,(H2,20,21,25,26). The van der Waals surface area contributed by atoms with Gasteiger partial charge in [-0.2, -0.15) is 4.31 Å². The second kappa shape index (κ2) is 8.76. The van der Waals surface area contributed by atoms with E-state index < -0.39 is 22.0 Å². The fraction of sp³-hybridized carbons (Fsp3) is 0.421. The molecular weight excluding hydrogens is 442 g/mol. The highest BCUT2D eigenvalue weighted by molar-refractivity contribution is 7.89. The van der Waals surface area contributed by atoms with Gasteiger partial charge < -0.3 is 19.3 Å². The minimum atomic E-state index is -3.72. The summed E-state index contributed by atoms with van der Waals surface area (Å²) < 4.78 is 42.5. The molecule has 172 valence electrons. The summed E-state index contributed by atoms with van der Waals surface area (Å²) >= 11 is 0. The molecule has 0 atom stereocenters. The minimum absolute atomic E-state index is 0.0340. The van der Waals surface area contributed by atoms with E-state index in [1.807, 2.05) is 0 Å². The number of hydrogen-bond donors (Lipinski definition) is 2. The number of aromatic nitrogens is 1. The summed E-state index contributed by atoms with van der Waals surface area (Å²) in [4.78, 5) is 26.2. The lowest BCUT2D eigenvalue weighted by molar-refractivity contribution is -0.121. The van der Waals surface area contributed by atoms with Crippen LogP contribution in [0.15, 0.2) is 27.6 Å². The van der Waals surface area contributed by atoms with Gasteiger partial charge in [0.25, 0.3) is 0 Å². The number of piperazine rings is 1.